The van der Waals surface area contributed by atoms with E-state index in [1.165, 1.54) is 0 Å². The van der Waals surface area contributed by atoms with Crippen LogP contribution in [0.4, 0.5) is 0 Å². The Bertz CT molecular complexity index is 1200. The number of fused-ring (bicyclic) bond motifs is 4. The summed E-state index contributed by atoms with van der Waals surface area (Å²) in [5.41, 5.74) is 4.33. The minimum absolute atomic E-state index is 0.249. The van der Waals surface area contributed by atoms with E-state index in [-0.39, 0.29) is 12.3 Å². The Hall–Kier alpha value is -3.54. The van der Waals surface area contributed by atoms with Gasteiger partial charge in [-0.3, -0.25) is 4.79 Å². The standard InChI is InChI=1S/C21H17N3O3/c25-20-18(14-10-22-15-7-3-1-6-12(14)15)19-13(9-17(24-20)21(26)27)11-5-2-4-8-16(11)23-19/h1-8,10,17-18,22-23H,9H2,(H,24,25)(H,26,27)/t17-,18?/m0/s1. The molecule has 4 aromatic rings. The summed E-state index contributed by atoms with van der Waals surface area (Å²) in [6.45, 7) is 0. The van der Waals surface area contributed by atoms with E-state index >= 15 is 0 Å². The molecule has 2 atom stereocenters. The third kappa shape index (κ3) is 2.33. The number of nitrogens with one attached hydrogen (secondary N) is 3. The Morgan fingerprint density at radius 3 is 2.48 bits per heavy atom. The molecule has 5 rings (SSSR count). The first-order chi connectivity index (χ1) is 13.1. The highest BCUT2D eigenvalue weighted by molar-refractivity contribution is 5.99. The van der Waals surface area contributed by atoms with Crippen LogP contribution in [-0.4, -0.2) is 33.0 Å². The van der Waals surface area contributed by atoms with Crippen LogP contribution in [0.25, 0.3) is 21.8 Å². The molecule has 0 bridgehead atoms. The second kappa shape index (κ2) is 5.74. The van der Waals surface area contributed by atoms with E-state index in [0.717, 1.165) is 38.6 Å². The predicted octanol–water partition coefficient (Wildman–Crippen LogP) is 2.91. The zero-order valence-corrected chi connectivity index (χ0v) is 14.3. The first-order valence-electron chi connectivity index (χ1n) is 8.82. The molecule has 0 saturated carbocycles. The van der Waals surface area contributed by atoms with Crippen LogP contribution in [0, 0.1) is 0 Å². The molecule has 0 spiro atoms. The quantitative estimate of drug-likeness (QED) is 0.443. The smallest absolute Gasteiger partial charge is 0.326 e. The Kier molecular flexibility index (Phi) is 3.33. The molecular formula is C21H17N3O3. The summed E-state index contributed by atoms with van der Waals surface area (Å²) in [4.78, 5) is 31.4. The highest BCUT2D eigenvalue weighted by Gasteiger charge is 2.37. The highest BCUT2D eigenvalue weighted by Crippen LogP contribution is 2.37. The zero-order chi connectivity index (χ0) is 18.5. The van der Waals surface area contributed by atoms with Gasteiger partial charge in [0.2, 0.25) is 5.91 Å². The number of H-pyrrole nitrogens is 2. The molecule has 0 fully saturated rings. The van der Waals surface area contributed by atoms with E-state index in [1.807, 2.05) is 54.7 Å². The number of para-hydroxylation sites is 2. The Morgan fingerprint density at radius 1 is 1.00 bits per heavy atom. The van der Waals surface area contributed by atoms with Crippen molar-refractivity contribution in [2.75, 3.05) is 0 Å². The van der Waals surface area contributed by atoms with Gasteiger partial charge in [-0.25, -0.2) is 4.79 Å². The SMILES string of the molecule is O=C1N[C@H](C(=O)O)Cc2c([nH]c3ccccc23)C1c1c[nH]c2ccccc12. The Balaban J connectivity index is 1.78. The molecule has 1 aliphatic rings. The summed E-state index contributed by atoms with van der Waals surface area (Å²) in [5.74, 6) is -1.94. The fraction of sp³-hybridized carbons (Fsp3) is 0.143. The van der Waals surface area contributed by atoms with Crippen molar-refractivity contribution in [1.82, 2.24) is 15.3 Å². The van der Waals surface area contributed by atoms with Crippen LogP contribution in [0.1, 0.15) is 22.7 Å². The number of carbonyl (C=O) groups is 2. The molecular weight excluding hydrogens is 342 g/mol. The molecule has 27 heavy (non-hydrogen) atoms. The minimum Gasteiger partial charge on any atom is -0.480 e. The van der Waals surface area contributed by atoms with Gasteiger partial charge in [-0.2, -0.15) is 0 Å². The monoisotopic (exact) mass is 359 g/mol. The van der Waals surface area contributed by atoms with Crippen LogP contribution in [0.3, 0.4) is 0 Å². The van der Waals surface area contributed by atoms with Crippen molar-refractivity contribution < 1.29 is 14.7 Å². The van der Waals surface area contributed by atoms with Crippen LogP contribution >= 0.6 is 0 Å². The molecule has 0 saturated heterocycles. The molecule has 6 nitrogen and oxygen atoms in total. The zero-order valence-electron chi connectivity index (χ0n) is 14.3. The maximum atomic E-state index is 13.1. The number of hydrogen-bond donors (Lipinski definition) is 4. The number of aromatic nitrogens is 2. The third-order valence-corrected chi connectivity index (χ3v) is 5.35. The molecule has 134 valence electrons. The lowest BCUT2D eigenvalue weighted by Gasteiger charge is -2.15. The number of rotatable bonds is 2. The Labute approximate surface area is 154 Å². The maximum Gasteiger partial charge on any atom is 0.326 e. The Morgan fingerprint density at radius 2 is 1.70 bits per heavy atom. The lowest BCUT2D eigenvalue weighted by Crippen LogP contribution is -2.42. The number of hydrogen-bond acceptors (Lipinski definition) is 2. The second-order valence-corrected chi connectivity index (χ2v) is 6.89. The van der Waals surface area contributed by atoms with Crippen molar-refractivity contribution in [3.63, 3.8) is 0 Å². The number of carboxylic acid groups (broad SMARTS) is 1. The van der Waals surface area contributed by atoms with Gasteiger partial charge in [0.25, 0.3) is 0 Å². The van der Waals surface area contributed by atoms with Gasteiger partial charge in [0.1, 0.15) is 12.0 Å². The summed E-state index contributed by atoms with van der Waals surface area (Å²) < 4.78 is 0. The number of benzene rings is 2. The summed E-state index contributed by atoms with van der Waals surface area (Å²) in [7, 11) is 0. The number of carbonyl (C=O) groups excluding carboxylic acids is 1. The number of aliphatic carboxylic acids is 1. The fourth-order valence-corrected chi connectivity index (χ4v) is 4.11. The van der Waals surface area contributed by atoms with Crippen molar-refractivity contribution in [2.24, 2.45) is 0 Å². The number of amides is 1. The van der Waals surface area contributed by atoms with Crippen molar-refractivity contribution in [3.05, 3.63) is 71.5 Å². The van der Waals surface area contributed by atoms with Gasteiger partial charge in [-0.15, -0.1) is 0 Å². The number of carboxylic acids is 1. The van der Waals surface area contributed by atoms with Crippen LogP contribution < -0.4 is 5.32 Å². The van der Waals surface area contributed by atoms with E-state index in [0.29, 0.717) is 0 Å². The van der Waals surface area contributed by atoms with Crippen molar-refractivity contribution >= 4 is 33.7 Å². The van der Waals surface area contributed by atoms with Gasteiger partial charge in [0.05, 0.1) is 0 Å². The maximum absolute atomic E-state index is 13.1. The van der Waals surface area contributed by atoms with E-state index in [4.69, 9.17) is 0 Å². The van der Waals surface area contributed by atoms with E-state index < -0.39 is 17.9 Å². The van der Waals surface area contributed by atoms with Gasteiger partial charge in [0, 0.05) is 40.1 Å². The van der Waals surface area contributed by atoms with Crippen LogP contribution in [0.2, 0.25) is 0 Å². The predicted molar refractivity (Wildman–Crippen MR) is 102 cm³/mol. The van der Waals surface area contributed by atoms with Crippen molar-refractivity contribution in [3.8, 4) is 0 Å². The average molecular weight is 359 g/mol. The topological polar surface area (TPSA) is 98.0 Å². The minimum atomic E-state index is -1.03. The fourth-order valence-electron chi connectivity index (χ4n) is 4.11. The molecule has 6 heteroatoms. The van der Waals surface area contributed by atoms with E-state index in [1.54, 1.807) is 0 Å². The molecule has 4 N–H and O–H groups in total. The first kappa shape index (κ1) is 15.7. The summed E-state index contributed by atoms with van der Waals surface area (Å²) >= 11 is 0. The third-order valence-electron chi connectivity index (χ3n) is 5.35. The van der Waals surface area contributed by atoms with Gasteiger partial charge in [-0.1, -0.05) is 36.4 Å². The normalized spacial score (nSPS) is 19.6. The lowest BCUT2D eigenvalue weighted by atomic mass is 9.91. The van der Waals surface area contributed by atoms with Crippen LogP contribution in [0.5, 0.6) is 0 Å². The van der Waals surface area contributed by atoms with Gasteiger partial charge < -0.3 is 20.4 Å². The molecule has 0 aliphatic carbocycles. The molecule has 1 amide bonds. The van der Waals surface area contributed by atoms with Crippen molar-refractivity contribution in [1.29, 1.82) is 0 Å². The summed E-state index contributed by atoms with van der Waals surface area (Å²) in [6.07, 6.45) is 2.09. The largest absolute Gasteiger partial charge is 0.480 e. The second-order valence-electron chi connectivity index (χ2n) is 6.89. The summed E-state index contributed by atoms with van der Waals surface area (Å²) in [5, 5.41) is 14.2. The number of aromatic amines is 2. The average Bonchev–Trinajstić information content (AvgIpc) is 3.20. The molecule has 3 heterocycles. The molecule has 0 radical (unpaired) electrons. The van der Waals surface area contributed by atoms with Crippen LogP contribution in [0.15, 0.2) is 54.7 Å². The van der Waals surface area contributed by atoms with Crippen LogP contribution in [-0.2, 0) is 16.0 Å². The van der Waals surface area contributed by atoms with Crippen molar-refractivity contribution in [2.45, 2.75) is 18.4 Å². The molecule has 1 aliphatic heterocycles. The summed E-state index contributed by atoms with van der Waals surface area (Å²) in [6, 6.07) is 14.6. The molecule has 1 unspecified atom stereocenters. The highest BCUT2D eigenvalue weighted by atomic mass is 16.4. The van der Waals surface area contributed by atoms with Gasteiger partial charge >= 0.3 is 5.97 Å². The lowest BCUT2D eigenvalue weighted by molar-refractivity contribution is -0.141. The van der Waals surface area contributed by atoms with E-state index in [2.05, 4.69) is 15.3 Å². The van der Waals surface area contributed by atoms with Gasteiger partial charge in [0.15, 0.2) is 0 Å². The van der Waals surface area contributed by atoms with Gasteiger partial charge in [-0.05, 0) is 23.3 Å². The molecule has 2 aromatic heterocycles. The van der Waals surface area contributed by atoms with E-state index in [9.17, 15) is 14.7 Å². The first-order valence-corrected chi connectivity index (χ1v) is 8.82. The molecule has 2 aromatic carbocycles.